The van der Waals surface area contributed by atoms with E-state index in [2.05, 4.69) is 10.3 Å². The highest BCUT2D eigenvalue weighted by molar-refractivity contribution is 7.08. The van der Waals surface area contributed by atoms with E-state index in [-0.39, 0.29) is 11.9 Å². The molecule has 23 heavy (non-hydrogen) atoms. The fourth-order valence-electron chi connectivity index (χ4n) is 3.08. The van der Waals surface area contributed by atoms with E-state index in [1.807, 2.05) is 40.8 Å². The molecule has 3 heterocycles. The molecule has 1 aliphatic rings. The fraction of sp³-hybridized carbons (Fsp3) is 0.444. The van der Waals surface area contributed by atoms with Gasteiger partial charge < -0.3 is 10.2 Å². The van der Waals surface area contributed by atoms with Crippen molar-refractivity contribution in [2.75, 3.05) is 13.1 Å². The molecular formula is C18H23N3OS. The average Bonchev–Trinajstić information content (AvgIpc) is 2.84. The molecule has 1 aliphatic heterocycles. The predicted molar refractivity (Wildman–Crippen MR) is 93.7 cm³/mol. The molecule has 0 aromatic carbocycles. The van der Waals surface area contributed by atoms with Gasteiger partial charge in [-0.2, -0.15) is 11.3 Å². The van der Waals surface area contributed by atoms with Crippen LogP contribution in [0.5, 0.6) is 0 Å². The minimum Gasteiger partial charge on any atom is -0.330 e. The lowest BCUT2D eigenvalue weighted by atomic mass is 10.0. The average molecular weight is 329 g/mol. The Morgan fingerprint density at radius 2 is 2.26 bits per heavy atom. The van der Waals surface area contributed by atoms with Crippen molar-refractivity contribution < 1.29 is 4.79 Å². The molecule has 1 saturated heterocycles. The summed E-state index contributed by atoms with van der Waals surface area (Å²) in [5.74, 6) is 0.140. The fourth-order valence-corrected chi connectivity index (χ4v) is 3.90. The summed E-state index contributed by atoms with van der Waals surface area (Å²) in [5.41, 5.74) is 2.85. The van der Waals surface area contributed by atoms with Crippen molar-refractivity contribution in [3.63, 3.8) is 0 Å². The van der Waals surface area contributed by atoms with Crippen LogP contribution >= 0.6 is 11.3 Å². The van der Waals surface area contributed by atoms with Gasteiger partial charge in [0, 0.05) is 17.6 Å². The third-order valence-electron chi connectivity index (χ3n) is 4.39. The van der Waals surface area contributed by atoms with E-state index in [1.54, 1.807) is 17.5 Å². The second kappa shape index (κ2) is 7.70. The normalized spacial score (nSPS) is 18.4. The monoisotopic (exact) mass is 329 g/mol. The topological polar surface area (TPSA) is 45.2 Å². The summed E-state index contributed by atoms with van der Waals surface area (Å²) >= 11 is 1.59. The third-order valence-corrected chi connectivity index (χ3v) is 5.25. The molecule has 2 aromatic rings. The molecule has 1 N–H and O–H groups in total. The molecule has 0 aliphatic carbocycles. The van der Waals surface area contributed by atoms with Crippen LogP contribution in [0, 0.1) is 6.92 Å². The van der Waals surface area contributed by atoms with E-state index in [4.69, 9.17) is 0 Å². The Labute approximate surface area is 141 Å². The van der Waals surface area contributed by atoms with Crippen molar-refractivity contribution in [1.29, 1.82) is 0 Å². The zero-order chi connectivity index (χ0) is 16.1. The van der Waals surface area contributed by atoms with Crippen molar-refractivity contribution in [3.8, 4) is 0 Å². The number of aryl methyl sites for hydroxylation is 1. The van der Waals surface area contributed by atoms with Gasteiger partial charge in [-0.1, -0.05) is 6.07 Å². The summed E-state index contributed by atoms with van der Waals surface area (Å²) in [6.07, 6.45) is 4.96. The molecule has 1 amide bonds. The summed E-state index contributed by atoms with van der Waals surface area (Å²) in [4.78, 5) is 19.6. The number of amides is 1. The van der Waals surface area contributed by atoms with E-state index in [9.17, 15) is 4.79 Å². The van der Waals surface area contributed by atoms with Gasteiger partial charge in [-0.05, 0) is 62.4 Å². The molecular weight excluding hydrogens is 306 g/mol. The smallest absolute Gasteiger partial charge is 0.255 e. The van der Waals surface area contributed by atoms with Crippen LogP contribution in [0.2, 0.25) is 0 Å². The molecule has 4 nitrogen and oxygen atoms in total. The Hall–Kier alpha value is -1.72. The second-order valence-corrected chi connectivity index (χ2v) is 6.80. The molecule has 3 rings (SSSR count). The first-order valence-electron chi connectivity index (χ1n) is 8.20. The lowest BCUT2D eigenvalue weighted by Crippen LogP contribution is -2.40. The van der Waals surface area contributed by atoms with Crippen LogP contribution in [-0.4, -0.2) is 34.9 Å². The van der Waals surface area contributed by atoms with Gasteiger partial charge in [0.1, 0.15) is 0 Å². The number of nitrogens with one attached hydrogen (secondary N) is 1. The molecule has 122 valence electrons. The van der Waals surface area contributed by atoms with Gasteiger partial charge in [0.2, 0.25) is 0 Å². The number of hydrogen-bond acceptors (Lipinski definition) is 4. The van der Waals surface area contributed by atoms with Gasteiger partial charge in [-0.25, -0.2) is 0 Å². The summed E-state index contributed by atoms with van der Waals surface area (Å²) in [5, 5.41) is 7.44. The highest BCUT2D eigenvalue weighted by Gasteiger charge is 2.27. The largest absolute Gasteiger partial charge is 0.330 e. The zero-order valence-electron chi connectivity index (χ0n) is 13.5. The maximum Gasteiger partial charge on any atom is 0.255 e. The predicted octanol–water partition coefficient (Wildman–Crippen LogP) is 3.24. The Balaban J connectivity index is 1.86. The molecule has 0 spiro atoms. The van der Waals surface area contributed by atoms with E-state index in [1.165, 1.54) is 0 Å². The third kappa shape index (κ3) is 3.98. The van der Waals surface area contributed by atoms with Gasteiger partial charge in [0.25, 0.3) is 5.91 Å². The number of nitrogens with zero attached hydrogens (tertiary/aromatic N) is 2. The number of carbonyl (C=O) groups excluding carboxylic acids is 1. The van der Waals surface area contributed by atoms with Crippen molar-refractivity contribution >= 4 is 17.2 Å². The van der Waals surface area contributed by atoms with Crippen LogP contribution in [0.15, 0.2) is 35.2 Å². The minimum absolute atomic E-state index is 0.140. The summed E-state index contributed by atoms with van der Waals surface area (Å²) in [7, 11) is 0. The Morgan fingerprint density at radius 1 is 1.35 bits per heavy atom. The van der Waals surface area contributed by atoms with Crippen molar-refractivity contribution in [3.05, 3.63) is 52.0 Å². The number of aromatic nitrogens is 1. The lowest BCUT2D eigenvalue weighted by Gasteiger charge is -2.31. The van der Waals surface area contributed by atoms with Gasteiger partial charge in [0.05, 0.1) is 17.8 Å². The van der Waals surface area contributed by atoms with E-state index in [0.717, 1.165) is 49.2 Å². The summed E-state index contributed by atoms with van der Waals surface area (Å²) in [6.45, 7) is 4.61. The number of hydrogen-bond donors (Lipinski definition) is 1. The number of carbonyl (C=O) groups is 1. The van der Waals surface area contributed by atoms with E-state index in [0.29, 0.717) is 6.54 Å². The van der Waals surface area contributed by atoms with Crippen molar-refractivity contribution in [2.45, 2.75) is 38.8 Å². The van der Waals surface area contributed by atoms with Crippen LogP contribution in [-0.2, 0) is 6.54 Å². The molecule has 5 heteroatoms. The minimum atomic E-state index is 0.140. The van der Waals surface area contributed by atoms with Gasteiger partial charge in [-0.3, -0.25) is 9.78 Å². The van der Waals surface area contributed by atoms with Crippen LogP contribution in [0.3, 0.4) is 0 Å². The SMILES string of the molecule is Cc1cscc1C(=O)N(Cc1ccccn1)[C@@H]1CCCNCC1. The van der Waals surface area contributed by atoms with Crippen LogP contribution in [0.1, 0.15) is 40.9 Å². The first-order chi connectivity index (χ1) is 11.3. The maximum absolute atomic E-state index is 13.1. The highest BCUT2D eigenvalue weighted by Crippen LogP contribution is 2.22. The number of thiophene rings is 1. The number of rotatable bonds is 4. The highest BCUT2D eigenvalue weighted by atomic mass is 32.1. The molecule has 1 fully saturated rings. The lowest BCUT2D eigenvalue weighted by molar-refractivity contribution is 0.0642. The van der Waals surface area contributed by atoms with Crippen molar-refractivity contribution in [1.82, 2.24) is 15.2 Å². The quantitative estimate of drug-likeness (QED) is 0.936. The van der Waals surface area contributed by atoms with Gasteiger partial charge in [-0.15, -0.1) is 0 Å². The van der Waals surface area contributed by atoms with Crippen molar-refractivity contribution in [2.24, 2.45) is 0 Å². The molecule has 0 radical (unpaired) electrons. The molecule has 0 saturated carbocycles. The molecule has 0 bridgehead atoms. The maximum atomic E-state index is 13.1. The standard InChI is InChI=1S/C18H23N3OS/c1-14-12-23-13-17(14)18(22)21(11-15-5-2-3-9-20-15)16-6-4-8-19-10-7-16/h2-3,5,9,12-13,16,19H,4,6-8,10-11H2,1H3/t16-/m1/s1. The zero-order valence-corrected chi connectivity index (χ0v) is 14.3. The first-order valence-corrected chi connectivity index (χ1v) is 9.14. The Morgan fingerprint density at radius 3 is 3.00 bits per heavy atom. The Kier molecular flexibility index (Phi) is 5.41. The summed E-state index contributed by atoms with van der Waals surface area (Å²) < 4.78 is 0. The van der Waals surface area contributed by atoms with Crippen LogP contribution < -0.4 is 5.32 Å². The van der Waals surface area contributed by atoms with E-state index < -0.39 is 0 Å². The van der Waals surface area contributed by atoms with E-state index >= 15 is 0 Å². The van der Waals surface area contributed by atoms with Gasteiger partial charge >= 0.3 is 0 Å². The molecule has 0 unspecified atom stereocenters. The molecule has 2 aromatic heterocycles. The first kappa shape index (κ1) is 16.1. The van der Waals surface area contributed by atoms with Crippen LogP contribution in [0.4, 0.5) is 0 Å². The number of pyridine rings is 1. The van der Waals surface area contributed by atoms with Crippen LogP contribution in [0.25, 0.3) is 0 Å². The summed E-state index contributed by atoms with van der Waals surface area (Å²) in [6, 6.07) is 6.17. The molecule has 1 atom stereocenters. The van der Waals surface area contributed by atoms with Gasteiger partial charge in [0.15, 0.2) is 0 Å². The Bertz CT molecular complexity index is 633. The second-order valence-electron chi connectivity index (χ2n) is 6.06.